The van der Waals surface area contributed by atoms with E-state index < -0.39 is 0 Å². The molecule has 0 aliphatic rings. The number of aliphatic hydroxyl groups is 1. The number of hydrogen-bond acceptors (Lipinski definition) is 5. The van der Waals surface area contributed by atoms with E-state index in [0.717, 1.165) is 15.9 Å². The van der Waals surface area contributed by atoms with Crippen LogP contribution in [0, 0.1) is 0 Å². The minimum Gasteiger partial charge on any atom is -0.493 e. The summed E-state index contributed by atoms with van der Waals surface area (Å²) >= 11 is 3.43. The smallest absolute Gasteiger partial charge is 0.176 e. The Balaban J connectivity index is 2.21. The topological polar surface area (TPSA) is 69.4 Å². The van der Waals surface area contributed by atoms with Gasteiger partial charge in [-0.05, 0) is 47.5 Å². The first kappa shape index (κ1) is 15.8. The summed E-state index contributed by atoms with van der Waals surface area (Å²) in [4.78, 5) is 4.20. The number of nitrogens with zero attached hydrogens (tertiary/aromatic N) is 3. The second-order valence-electron chi connectivity index (χ2n) is 4.77. The standard InChI is InChI=1S/C14H18BrN3O3/c1-9(2)18-13(16-8-17-18)7-21-14-11(15)4-10(6-19)5-12(14)20-3/h4-5,8-9,19H,6-7H2,1-3H3. The highest BCUT2D eigenvalue weighted by molar-refractivity contribution is 9.10. The number of methoxy groups -OCH3 is 1. The van der Waals surface area contributed by atoms with Gasteiger partial charge in [0.15, 0.2) is 17.3 Å². The Bertz CT molecular complexity index is 614. The van der Waals surface area contributed by atoms with Crippen LogP contribution in [0.2, 0.25) is 0 Å². The zero-order valence-electron chi connectivity index (χ0n) is 12.2. The largest absolute Gasteiger partial charge is 0.493 e. The lowest BCUT2D eigenvalue weighted by molar-refractivity contribution is 0.261. The molecule has 114 valence electrons. The fourth-order valence-electron chi connectivity index (χ4n) is 1.95. The Labute approximate surface area is 131 Å². The summed E-state index contributed by atoms with van der Waals surface area (Å²) in [6.45, 7) is 4.29. The van der Waals surface area contributed by atoms with Crippen LogP contribution in [0.1, 0.15) is 31.3 Å². The molecule has 2 aromatic rings. The van der Waals surface area contributed by atoms with Crippen molar-refractivity contribution >= 4 is 15.9 Å². The van der Waals surface area contributed by atoms with Crippen molar-refractivity contribution in [3.8, 4) is 11.5 Å². The monoisotopic (exact) mass is 355 g/mol. The third-order valence-corrected chi connectivity index (χ3v) is 3.54. The molecule has 6 nitrogen and oxygen atoms in total. The minimum atomic E-state index is -0.0586. The summed E-state index contributed by atoms with van der Waals surface area (Å²) in [5.41, 5.74) is 0.747. The van der Waals surface area contributed by atoms with Crippen LogP contribution in [0.15, 0.2) is 22.9 Å². The molecule has 0 spiro atoms. The van der Waals surface area contributed by atoms with Gasteiger partial charge in [-0.25, -0.2) is 9.67 Å². The quantitative estimate of drug-likeness (QED) is 0.862. The molecule has 1 N–H and O–H groups in total. The highest BCUT2D eigenvalue weighted by Crippen LogP contribution is 2.37. The molecule has 7 heteroatoms. The van der Waals surface area contributed by atoms with Gasteiger partial charge >= 0.3 is 0 Å². The number of aliphatic hydroxyl groups excluding tert-OH is 1. The number of aromatic nitrogens is 3. The zero-order chi connectivity index (χ0) is 15.4. The molecule has 0 aliphatic carbocycles. The van der Waals surface area contributed by atoms with Gasteiger partial charge in [0, 0.05) is 6.04 Å². The fourth-order valence-corrected chi connectivity index (χ4v) is 2.55. The predicted molar refractivity (Wildman–Crippen MR) is 81.4 cm³/mol. The summed E-state index contributed by atoms with van der Waals surface area (Å²) in [7, 11) is 1.56. The van der Waals surface area contributed by atoms with Crippen molar-refractivity contribution in [3.05, 3.63) is 34.3 Å². The van der Waals surface area contributed by atoms with E-state index in [9.17, 15) is 5.11 Å². The van der Waals surface area contributed by atoms with Crippen molar-refractivity contribution in [2.45, 2.75) is 33.1 Å². The molecular formula is C14H18BrN3O3. The highest BCUT2D eigenvalue weighted by atomic mass is 79.9. The Morgan fingerprint density at radius 1 is 1.38 bits per heavy atom. The molecule has 0 atom stereocenters. The molecule has 0 bridgehead atoms. The SMILES string of the molecule is COc1cc(CO)cc(Br)c1OCc1ncnn1C(C)C. The van der Waals surface area contributed by atoms with Crippen molar-refractivity contribution < 1.29 is 14.6 Å². The van der Waals surface area contributed by atoms with E-state index in [2.05, 4.69) is 26.0 Å². The molecule has 2 rings (SSSR count). The molecular weight excluding hydrogens is 338 g/mol. The first-order valence-corrected chi connectivity index (χ1v) is 7.34. The van der Waals surface area contributed by atoms with Crippen LogP contribution < -0.4 is 9.47 Å². The van der Waals surface area contributed by atoms with Gasteiger partial charge in [-0.2, -0.15) is 5.10 Å². The van der Waals surface area contributed by atoms with E-state index in [4.69, 9.17) is 9.47 Å². The molecule has 0 unspecified atom stereocenters. The average molecular weight is 356 g/mol. The number of ether oxygens (including phenoxy) is 2. The lowest BCUT2D eigenvalue weighted by Crippen LogP contribution is -2.11. The first-order chi connectivity index (χ1) is 10.1. The van der Waals surface area contributed by atoms with E-state index in [-0.39, 0.29) is 19.3 Å². The van der Waals surface area contributed by atoms with E-state index in [1.807, 2.05) is 18.5 Å². The van der Waals surface area contributed by atoms with Crippen LogP contribution in [0.4, 0.5) is 0 Å². The van der Waals surface area contributed by atoms with Crippen LogP contribution in [-0.4, -0.2) is 27.0 Å². The highest BCUT2D eigenvalue weighted by Gasteiger charge is 2.14. The maximum Gasteiger partial charge on any atom is 0.176 e. The van der Waals surface area contributed by atoms with E-state index >= 15 is 0 Å². The van der Waals surface area contributed by atoms with Crippen molar-refractivity contribution in [2.24, 2.45) is 0 Å². The van der Waals surface area contributed by atoms with E-state index in [0.29, 0.717) is 11.5 Å². The number of halogens is 1. The fraction of sp³-hybridized carbons (Fsp3) is 0.429. The maximum absolute atomic E-state index is 9.21. The van der Waals surface area contributed by atoms with Crippen LogP contribution in [0.3, 0.4) is 0 Å². The number of hydrogen-bond donors (Lipinski definition) is 1. The van der Waals surface area contributed by atoms with Crippen molar-refractivity contribution in [2.75, 3.05) is 7.11 Å². The van der Waals surface area contributed by atoms with Crippen LogP contribution in [-0.2, 0) is 13.2 Å². The van der Waals surface area contributed by atoms with Gasteiger partial charge in [-0.3, -0.25) is 0 Å². The summed E-state index contributed by atoms with van der Waals surface area (Å²) < 4.78 is 13.7. The summed E-state index contributed by atoms with van der Waals surface area (Å²) in [6, 6.07) is 3.76. The number of benzene rings is 1. The number of rotatable bonds is 6. The Morgan fingerprint density at radius 2 is 2.14 bits per heavy atom. The van der Waals surface area contributed by atoms with Gasteiger partial charge < -0.3 is 14.6 Å². The molecule has 0 fully saturated rings. The summed E-state index contributed by atoms with van der Waals surface area (Å²) in [5.74, 6) is 1.88. The normalized spacial score (nSPS) is 11.0. The van der Waals surface area contributed by atoms with Gasteiger partial charge in [0.2, 0.25) is 0 Å². The molecule has 0 amide bonds. The summed E-state index contributed by atoms with van der Waals surface area (Å²) in [5, 5.41) is 13.4. The van der Waals surface area contributed by atoms with Crippen molar-refractivity contribution in [1.82, 2.24) is 14.8 Å². The van der Waals surface area contributed by atoms with Gasteiger partial charge in [0.05, 0.1) is 18.2 Å². The summed E-state index contributed by atoms with van der Waals surface area (Å²) in [6.07, 6.45) is 1.51. The lowest BCUT2D eigenvalue weighted by Gasteiger charge is -2.15. The van der Waals surface area contributed by atoms with Gasteiger partial charge in [-0.1, -0.05) is 0 Å². The predicted octanol–water partition coefficient (Wildman–Crippen LogP) is 2.70. The van der Waals surface area contributed by atoms with Crippen molar-refractivity contribution in [1.29, 1.82) is 0 Å². The Hall–Kier alpha value is -1.60. The second-order valence-corrected chi connectivity index (χ2v) is 5.62. The molecule has 0 aliphatic heterocycles. The van der Waals surface area contributed by atoms with E-state index in [1.165, 1.54) is 6.33 Å². The molecule has 0 radical (unpaired) electrons. The molecule has 0 saturated heterocycles. The second kappa shape index (κ2) is 6.91. The van der Waals surface area contributed by atoms with Gasteiger partial charge in [0.25, 0.3) is 0 Å². The third-order valence-electron chi connectivity index (χ3n) is 2.95. The average Bonchev–Trinajstić information content (AvgIpc) is 2.93. The lowest BCUT2D eigenvalue weighted by atomic mass is 10.2. The molecule has 1 aromatic carbocycles. The Kier molecular flexibility index (Phi) is 5.19. The van der Waals surface area contributed by atoms with Gasteiger partial charge in [-0.15, -0.1) is 0 Å². The molecule has 1 aromatic heterocycles. The minimum absolute atomic E-state index is 0.0586. The molecule has 1 heterocycles. The maximum atomic E-state index is 9.21. The van der Waals surface area contributed by atoms with Gasteiger partial charge in [0.1, 0.15) is 12.9 Å². The zero-order valence-corrected chi connectivity index (χ0v) is 13.8. The first-order valence-electron chi connectivity index (χ1n) is 6.55. The van der Waals surface area contributed by atoms with Crippen LogP contribution >= 0.6 is 15.9 Å². The van der Waals surface area contributed by atoms with Crippen LogP contribution in [0.25, 0.3) is 0 Å². The molecule has 0 saturated carbocycles. The van der Waals surface area contributed by atoms with Crippen LogP contribution in [0.5, 0.6) is 11.5 Å². The van der Waals surface area contributed by atoms with Crippen molar-refractivity contribution in [3.63, 3.8) is 0 Å². The molecule has 21 heavy (non-hydrogen) atoms. The Morgan fingerprint density at radius 3 is 2.76 bits per heavy atom. The third kappa shape index (κ3) is 3.54. The van der Waals surface area contributed by atoms with E-state index in [1.54, 1.807) is 19.2 Å².